The minimum Gasteiger partial charge on any atom is -0.496 e. The first kappa shape index (κ1) is 8.05. The number of ketones is 1. The third-order valence-corrected chi connectivity index (χ3v) is 2.18. The number of benzene rings is 1. The first-order valence-corrected chi connectivity index (χ1v) is 4.18. The van der Waals surface area contributed by atoms with Gasteiger partial charge in [-0.1, -0.05) is 12.1 Å². The summed E-state index contributed by atoms with van der Waals surface area (Å²) in [5, 5.41) is 0. The maximum Gasteiger partial charge on any atom is 0.160 e. The molecular weight excluding hydrogens is 164 g/mol. The molecule has 66 valence electrons. The second kappa shape index (κ2) is 3.05. The molecule has 1 aromatic rings. The summed E-state index contributed by atoms with van der Waals surface area (Å²) in [5.41, 5.74) is 2.08. The van der Waals surface area contributed by atoms with Crippen molar-refractivity contribution < 1.29 is 9.53 Å². The molecule has 0 aromatic heterocycles. The second-order valence-corrected chi connectivity index (χ2v) is 3.01. The van der Waals surface area contributed by atoms with Crippen LogP contribution in [0.15, 0.2) is 24.3 Å². The van der Waals surface area contributed by atoms with Crippen LogP contribution in [-0.4, -0.2) is 12.9 Å². The van der Waals surface area contributed by atoms with E-state index in [1.807, 2.05) is 24.3 Å². The fourth-order valence-electron chi connectivity index (χ4n) is 1.53. The monoisotopic (exact) mass is 174 g/mol. The largest absolute Gasteiger partial charge is 0.496 e. The molecule has 0 saturated carbocycles. The summed E-state index contributed by atoms with van der Waals surface area (Å²) in [6.07, 6.45) is 3.91. The van der Waals surface area contributed by atoms with Crippen LogP contribution < -0.4 is 4.74 Å². The molecule has 1 aliphatic carbocycles. The van der Waals surface area contributed by atoms with E-state index in [2.05, 4.69) is 0 Å². The van der Waals surface area contributed by atoms with Crippen molar-refractivity contribution >= 4 is 11.9 Å². The Morgan fingerprint density at radius 2 is 2.15 bits per heavy atom. The second-order valence-electron chi connectivity index (χ2n) is 3.01. The van der Waals surface area contributed by atoms with Gasteiger partial charge in [-0.3, -0.25) is 4.79 Å². The van der Waals surface area contributed by atoms with Crippen LogP contribution in [0.4, 0.5) is 0 Å². The smallest absolute Gasteiger partial charge is 0.160 e. The highest BCUT2D eigenvalue weighted by molar-refractivity contribution is 5.98. The molecule has 0 radical (unpaired) electrons. The molecule has 0 atom stereocenters. The average Bonchev–Trinajstić information content (AvgIpc) is 2.16. The van der Waals surface area contributed by atoms with Gasteiger partial charge in [0.2, 0.25) is 0 Å². The number of methoxy groups -OCH3 is 1. The number of fused-ring (bicyclic) bond motifs is 1. The molecule has 1 aromatic carbocycles. The van der Waals surface area contributed by atoms with Gasteiger partial charge in [-0.2, -0.15) is 0 Å². The summed E-state index contributed by atoms with van der Waals surface area (Å²) < 4.78 is 5.19. The minimum atomic E-state index is 0.153. The number of carbonyl (C=O) groups is 1. The van der Waals surface area contributed by atoms with Crippen LogP contribution in [0.2, 0.25) is 0 Å². The van der Waals surface area contributed by atoms with Crippen molar-refractivity contribution in [2.45, 2.75) is 6.42 Å². The Labute approximate surface area is 76.8 Å². The van der Waals surface area contributed by atoms with Gasteiger partial charge in [0, 0.05) is 12.0 Å². The van der Waals surface area contributed by atoms with Crippen LogP contribution in [0.5, 0.6) is 5.75 Å². The van der Waals surface area contributed by atoms with Crippen molar-refractivity contribution in [1.82, 2.24) is 0 Å². The normalized spacial score (nSPS) is 14.1. The summed E-state index contributed by atoms with van der Waals surface area (Å²) in [4.78, 5) is 11.1. The first-order valence-electron chi connectivity index (χ1n) is 4.18. The quantitative estimate of drug-likeness (QED) is 0.649. The van der Waals surface area contributed by atoms with Gasteiger partial charge in [0.05, 0.1) is 7.11 Å². The molecule has 2 heteroatoms. The van der Waals surface area contributed by atoms with Gasteiger partial charge in [0.15, 0.2) is 5.78 Å². The predicted octanol–water partition coefficient (Wildman–Crippen LogP) is 1.83. The lowest BCUT2D eigenvalue weighted by atomic mass is 9.96. The lowest BCUT2D eigenvalue weighted by molar-refractivity contribution is -0.114. The highest BCUT2D eigenvalue weighted by atomic mass is 16.5. The van der Waals surface area contributed by atoms with Crippen LogP contribution in [-0.2, 0) is 11.2 Å². The molecule has 0 unspecified atom stereocenters. The fourth-order valence-corrected chi connectivity index (χ4v) is 1.53. The molecule has 2 rings (SSSR count). The average molecular weight is 174 g/mol. The summed E-state index contributed by atoms with van der Waals surface area (Å²) in [5.74, 6) is 0.988. The molecule has 0 aliphatic heterocycles. The van der Waals surface area contributed by atoms with Crippen molar-refractivity contribution in [3.05, 3.63) is 35.4 Å². The molecule has 0 amide bonds. The summed E-state index contributed by atoms with van der Waals surface area (Å²) in [6, 6.07) is 5.77. The topological polar surface area (TPSA) is 26.3 Å². The van der Waals surface area contributed by atoms with E-state index in [0.29, 0.717) is 6.42 Å². The van der Waals surface area contributed by atoms with Gasteiger partial charge < -0.3 is 4.74 Å². The Balaban J connectivity index is 2.55. The van der Waals surface area contributed by atoms with Crippen LogP contribution in [0.1, 0.15) is 11.1 Å². The predicted molar refractivity (Wildman–Crippen MR) is 50.7 cm³/mol. The van der Waals surface area contributed by atoms with Crippen LogP contribution >= 0.6 is 0 Å². The van der Waals surface area contributed by atoms with Crippen molar-refractivity contribution in [3.63, 3.8) is 0 Å². The highest BCUT2D eigenvalue weighted by Gasteiger charge is 2.12. The summed E-state index contributed by atoms with van der Waals surface area (Å²) in [7, 11) is 1.64. The lowest BCUT2D eigenvalue weighted by Gasteiger charge is -2.12. The molecule has 0 N–H and O–H groups in total. The zero-order valence-electron chi connectivity index (χ0n) is 7.41. The molecular formula is C11H10O2. The van der Waals surface area contributed by atoms with E-state index in [4.69, 9.17) is 4.74 Å². The van der Waals surface area contributed by atoms with Gasteiger partial charge in [-0.05, 0) is 23.8 Å². The minimum absolute atomic E-state index is 0.153. The zero-order chi connectivity index (χ0) is 9.26. The van der Waals surface area contributed by atoms with Crippen molar-refractivity contribution in [2.24, 2.45) is 0 Å². The molecule has 0 saturated heterocycles. The summed E-state index contributed by atoms with van der Waals surface area (Å²) >= 11 is 0. The van der Waals surface area contributed by atoms with Gasteiger partial charge in [0.1, 0.15) is 5.75 Å². The van der Waals surface area contributed by atoms with Gasteiger partial charge in [-0.15, -0.1) is 0 Å². The first-order chi connectivity index (χ1) is 6.31. The molecule has 0 fully saturated rings. The number of allylic oxidation sites excluding steroid dienone is 1. The van der Waals surface area contributed by atoms with Crippen LogP contribution in [0.25, 0.3) is 6.08 Å². The Kier molecular flexibility index (Phi) is 1.89. The maximum atomic E-state index is 11.1. The van der Waals surface area contributed by atoms with Gasteiger partial charge in [0.25, 0.3) is 0 Å². The number of hydrogen-bond acceptors (Lipinski definition) is 2. The molecule has 0 heterocycles. The standard InChI is InChI=1S/C11H10O2/c1-13-11-4-2-3-8-7-9(12)5-6-10(8)11/h2-6H,7H2,1H3. The van der Waals surface area contributed by atoms with Crippen LogP contribution in [0, 0.1) is 0 Å². The Hall–Kier alpha value is -1.57. The van der Waals surface area contributed by atoms with Gasteiger partial charge >= 0.3 is 0 Å². The van der Waals surface area contributed by atoms with Crippen LogP contribution in [0.3, 0.4) is 0 Å². The van der Waals surface area contributed by atoms with E-state index >= 15 is 0 Å². The third kappa shape index (κ3) is 1.35. The molecule has 13 heavy (non-hydrogen) atoms. The third-order valence-electron chi connectivity index (χ3n) is 2.18. The van der Waals surface area contributed by atoms with E-state index in [0.717, 1.165) is 16.9 Å². The Morgan fingerprint density at radius 3 is 2.92 bits per heavy atom. The van der Waals surface area contributed by atoms with Crippen molar-refractivity contribution in [2.75, 3.05) is 7.11 Å². The number of carbonyl (C=O) groups excluding carboxylic acids is 1. The SMILES string of the molecule is COc1cccc2c1C=CC(=O)C2. The Bertz CT molecular complexity index is 378. The highest BCUT2D eigenvalue weighted by Crippen LogP contribution is 2.26. The number of ether oxygens (including phenoxy) is 1. The zero-order valence-corrected chi connectivity index (χ0v) is 7.41. The van der Waals surface area contributed by atoms with E-state index < -0.39 is 0 Å². The van der Waals surface area contributed by atoms with E-state index in [1.54, 1.807) is 13.2 Å². The van der Waals surface area contributed by atoms with E-state index in [1.165, 1.54) is 0 Å². The van der Waals surface area contributed by atoms with E-state index in [9.17, 15) is 4.79 Å². The number of rotatable bonds is 1. The number of hydrogen-bond donors (Lipinski definition) is 0. The summed E-state index contributed by atoms with van der Waals surface area (Å²) in [6.45, 7) is 0. The van der Waals surface area contributed by atoms with Crippen molar-refractivity contribution in [3.8, 4) is 5.75 Å². The molecule has 0 spiro atoms. The molecule has 0 bridgehead atoms. The van der Waals surface area contributed by atoms with E-state index in [-0.39, 0.29) is 5.78 Å². The maximum absolute atomic E-state index is 11.1. The van der Waals surface area contributed by atoms with Crippen molar-refractivity contribution in [1.29, 1.82) is 0 Å². The molecule has 2 nitrogen and oxygen atoms in total. The fraction of sp³-hybridized carbons (Fsp3) is 0.182. The molecule has 1 aliphatic rings. The Morgan fingerprint density at radius 1 is 1.31 bits per heavy atom. The lowest BCUT2D eigenvalue weighted by Crippen LogP contribution is -2.06. The van der Waals surface area contributed by atoms with Gasteiger partial charge in [-0.25, -0.2) is 0 Å².